The van der Waals surface area contributed by atoms with E-state index in [1.54, 1.807) is 0 Å². The predicted octanol–water partition coefficient (Wildman–Crippen LogP) is 4.01. The van der Waals surface area contributed by atoms with Crippen molar-refractivity contribution in [2.24, 2.45) is 0 Å². The van der Waals surface area contributed by atoms with Crippen LogP contribution in [0.5, 0.6) is 0 Å². The molecule has 0 spiro atoms. The van der Waals surface area contributed by atoms with Gasteiger partial charge in [-0.1, -0.05) is 32.4 Å². The van der Waals surface area contributed by atoms with Crippen molar-refractivity contribution in [3.63, 3.8) is 0 Å². The molecule has 0 aliphatic carbocycles. The summed E-state index contributed by atoms with van der Waals surface area (Å²) in [6.07, 6.45) is 0. The Morgan fingerprint density at radius 1 is 1.31 bits per heavy atom. The lowest BCUT2D eigenvalue weighted by Gasteiger charge is -2.19. The lowest BCUT2D eigenvalue weighted by molar-refractivity contribution is 0.512. The van der Waals surface area contributed by atoms with Crippen LogP contribution in [0, 0.1) is 0 Å². The zero-order valence-electron chi connectivity index (χ0n) is 10.2. The normalized spacial score (nSPS) is 12.3. The van der Waals surface area contributed by atoms with E-state index in [9.17, 15) is 0 Å². The lowest BCUT2D eigenvalue weighted by atomic mass is 9.96. The highest BCUT2D eigenvalue weighted by molar-refractivity contribution is 6.31. The molecule has 0 N–H and O–H groups in total. The fourth-order valence-corrected chi connectivity index (χ4v) is 2.15. The fraction of sp³-hybridized carbons (Fsp3) is 0.462. The minimum absolute atomic E-state index is 0.0570. The van der Waals surface area contributed by atoms with Crippen molar-refractivity contribution in [1.29, 1.82) is 0 Å². The maximum absolute atomic E-state index is 6.03. The third-order valence-electron chi connectivity index (χ3n) is 2.70. The van der Waals surface area contributed by atoms with Crippen LogP contribution in [-0.2, 0) is 12.0 Å². The van der Waals surface area contributed by atoms with Crippen molar-refractivity contribution in [1.82, 2.24) is 9.55 Å². The number of benzene rings is 1. The van der Waals surface area contributed by atoms with E-state index in [0.717, 1.165) is 28.4 Å². The van der Waals surface area contributed by atoms with Crippen molar-refractivity contribution >= 4 is 22.6 Å². The van der Waals surface area contributed by atoms with E-state index in [4.69, 9.17) is 16.6 Å². The molecule has 86 valence electrons. The monoisotopic (exact) mass is 236 g/mol. The van der Waals surface area contributed by atoms with E-state index in [1.165, 1.54) is 0 Å². The average Bonchev–Trinajstić information content (AvgIpc) is 2.54. The van der Waals surface area contributed by atoms with Crippen LogP contribution >= 0.6 is 11.6 Å². The Morgan fingerprint density at radius 3 is 2.56 bits per heavy atom. The average molecular weight is 237 g/mol. The van der Waals surface area contributed by atoms with Gasteiger partial charge in [-0.25, -0.2) is 4.98 Å². The fourth-order valence-electron chi connectivity index (χ4n) is 1.99. The van der Waals surface area contributed by atoms with E-state index < -0.39 is 0 Å². The molecular weight excluding hydrogens is 220 g/mol. The predicted molar refractivity (Wildman–Crippen MR) is 69.1 cm³/mol. The molecule has 1 aromatic carbocycles. The number of fused-ring (bicyclic) bond motifs is 1. The molecule has 1 aromatic heterocycles. The number of hydrogen-bond acceptors (Lipinski definition) is 1. The first-order valence-corrected chi connectivity index (χ1v) is 5.97. The van der Waals surface area contributed by atoms with E-state index >= 15 is 0 Å². The van der Waals surface area contributed by atoms with Crippen molar-refractivity contribution in [3.05, 3.63) is 29.0 Å². The van der Waals surface area contributed by atoms with Gasteiger partial charge in [0.25, 0.3) is 0 Å². The molecule has 0 fully saturated rings. The topological polar surface area (TPSA) is 17.8 Å². The molecule has 0 bridgehead atoms. The summed E-state index contributed by atoms with van der Waals surface area (Å²) in [5, 5.41) is 0.766. The second kappa shape index (κ2) is 3.77. The standard InChI is InChI=1S/C13H17ClN2/c1-5-16-11-8-9(14)6-7-10(11)15-12(16)13(2,3)4/h6-8H,5H2,1-4H3. The number of halogens is 1. The van der Waals surface area contributed by atoms with Gasteiger partial charge >= 0.3 is 0 Å². The zero-order chi connectivity index (χ0) is 11.9. The van der Waals surface area contributed by atoms with Crippen molar-refractivity contribution in [3.8, 4) is 0 Å². The Morgan fingerprint density at radius 2 is 2.00 bits per heavy atom. The third kappa shape index (κ3) is 1.82. The van der Waals surface area contributed by atoms with Crippen molar-refractivity contribution < 1.29 is 0 Å². The molecule has 0 saturated heterocycles. The second-order valence-electron chi connectivity index (χ2n) is 5.06. The number of aryl methyl sites for hydroxylation is 1. The van der Waals surface area contributed by atoms with Crippen LogP contribution in [0.4, 0.5) is 0 Å². The molecule has 16 heavy (non-hydrogen) atoms. The number of rotatable bonds is 1. The molecule has 2 rings (SSSR count). The summed E-state index contributed by atoms with van der Waals surface area (Å²) < 4.78 is 2.24. The molecule has 0 aliphatic rings. The molecule has 2 aromatic rings. The highest BCUT2D eigenvalue weighted by atomic mass is 35.5. The summed E-state index contributed by atoms with van der Waals surface area (Å²) in [5.41, 5.74) is 2.21. The summed E-state index contributed by atoms with van der Waals surface area (Å²) in [6, 6.07) is 5.87. The molecule has 0 amide bonds. The van der Waals surface area contributed by atoms with Gasteiger partial charge in [0.2, 0.25) is 0 Å². The molecule has 3 heteroatoms. The van der Waals surface area contributed by atoms with Gasteiger partial charge in [-0.2, -0.15) is 0 Å². The Kier molecular flexibility index (Phi) is 2.70. The summed E-state index contributed by atoms with van der Waals surface area (Å²) in [6.45, 7) is 9.60. The quantitative estimate of drug-likeness (QED) is 0.732. The Hall–Kier alpha value is -1.02. The van der Waals surface area contributed by atoms with Gasteiger partial charge < -0.3 is 4.57 Å². The van der Waals surface area contributed by atoms with Crippen LogP contribution in [-0.4, -0.2) is 9.55 Å². The van der Waals surface area contributed by atoms with E-state index in [1.807, 2.05) is 18.2 Å². The lowest BCUT2D eigenvalue weighted by Crippen LogP contribution is -2.18. The Labute approximate surface area is 101 Å². The van der Waals surface area contributed by atoms with Crippen LogP contribution < -0.4 is 0 Å². The second-order valence-corrected chi connectivity index (χ2v) is 5.50. The summed E-state index contributed by atoms with van der Waals surface area (Å²) >= 11 is 6.03. The van der Waals surface area contributed by atoms with Gasteiger partial charge in [0.05, 0.1) is 11.0 Å². The summed E-state index contributed by atoms with van der Waals surface area (Å²) in [7, 11) is 0. The minimum Gasteiger partial charge on any atom is -0.328 e. The highest BCUT2D eigenvalue weighted by Gasteiger charge is 2.22. The molecular formula is C13H17ClN2. The van der Waals surface area contributed by atoms with Gasteiger partial charge in [-0.15, -0.1) is 0 Å². The first-order chi connectivity index (χ1) is 7.43. The number of imidazole rings is 1. The molecule has 0 atom stereocenters. The maximum Gasteiger partial charge on any atom is 0.115 e. The maximum atomic E-state index is 6.03. The van der Waals surface area contributed by atoms with E-state index in [0.29, 0.717) is 0 Å². The van der Waals surface area contributed by atoms with Gasteiger partial charge in [0.15, 0.2) is 0 Å². The number of aromatic nitrogens is 2. The van der Waals surface area contributed by atoms with Crippen LogP contribution in [0.25, 0.3) is 11.0 Å². The minimum atomic E-state index is 0.0570. The third-order valence-corrected chi connectivity index (χ3v) is 2.93. The number of nitrogens with zero attached hydrogens (tertiary/aromatic N) is 2. The van der Waals surface area contributed by atoms with Gasteiger partial charge in [0.1, 0.15) is 5.82 Å². The first kappa shape index (κ1) is 11.5. The SMILES string of the molecule is CCn1c(C(C)(C)C)nc2ccc(Cl)cc21. The zero-order valence-corrected chi connectivity index (χ0v) is 11.0. The van der Waals surface area contributed by atoms with E-state index in [-0.39, 0.29) is 5.41 Å². The van der Waals surface area contributed by atoms with E-state index in [2.05, 4.69) is 32.3 Å². The van der Waals surface area contributed by atoms with Crippen LogP contribution in [0.2, 0.25) is 5.02 Å². The Balaban J connectivity index is 2.77. The van der Waals surface area contributed by atoms with Gasteiger partial charge in [-0.3, -0.25) is 0 Å². The molecule has 0 saturated carbocycles. The Bertz CT molecular complexity index is 520. The molecule has 0 aliphatic heterocycles. The van der Waals surface area contributed by atoms with Crippen molar-refractivity contribution in [2.75, 3.05) is 0 Å². The first-order valence-electron chi connectivity index (χ1n) is 5.59. The molecule has 2 nitrogen and oxygen atoms in total. The highest BCUT2D eigenvalue weighted by Crippen LogP contribution is 2.27. The van der Waals surface area contributed by atoms with Crippen LogP contribution in [0.15, 0.2) is 18.2 Å². The van der Waals surface area contributed by atoms with Crippen LogP contribution in [0.1, 0.15) is 33.5 Å². The summed E-state index contributed by atoms with van der Waals surface area (Å²) in [5.74, 6) is 1.12. The molecule has 1 heterocycles. The van der Waals surface area contributed by atoms with Gasteiger partial charge in [-0.05, 0) is 25.1 Å². The molecule has 0 unspecified atom stereocenters. The smallest absolute Gasteiger partial charge is 0.115 e. The summed E-state index contributed by atoms with van der Waals surface area (Å²) in [4.78, 5) is 4.70. The largest absolute Gasteiger partial charge is 0.328 e. The van der Waals surface area contributed by atoms with Crippen LogP contribution in [0.3, 0.4) is 0 Å². The molecule has 0 radical (unpaired) electrons. The van der Waals surface area contributed by atoms with Gasteiger partial charge in [0, 0.05) is 17.0 Å². The van der Waals surface area contributed by atoms with Crippen molar-refractivity contribution in [2.45, 2.75) is 39.7 Å². The number of hydrogen-bond donors (Lipinski definition) is 0.